The predicted octanol–water partition coefficient (Wildman–Crippen LogP) is 3.49. The molecule has 1 aromatic heterocycles. The summed E-state index contributed by atoms with van der Waals surface area (Å²) in [5.41, 5.74) is -1.97. The number of halogens is 4. The lowest BCUT2D eigenvalue weighted by Gasteiger charge is -2.14. The molecule has 1 N–H and O–H groups in total. The summed E-state index contributed by atoms with van der Waals surface area (Å²) in [6, 6.07) is 4.25. The van der Waals surface area contributed by atoms with Gasteiger partial charge in [0.1, 0.15) is 5.75 Å². The molecular weight excluding hydrogens is 304 g/mol. The maximum atomic E-state index is 13.3. The molecular formula is C14H8F4N2O2. The summed E-state index contributed by atoms with van der Waals surface area (Å²) in [5.74, 6) is -2.31. The Labute approximate surface area is 122 Å². The minimum Gasteiger partial charge on any atom is -0.507 e. The zero-order valence-corrected chi connectivity index (χ0v) is 11.1. The second-order valence-electron chi connectivity index (χ2n) is 4.25. The summed E-state index contributed by atoms with van der Waals surface area (Å²) < 4.78 is 56.7. The van der Waals surface area contributed by atoms with Gasteiger partial charge in [-0.2, -0.15) is 22.8 Å². The minimum absolute atomic E-state index is 0.0154. The summed E-state index contributed by atoms with van der Waals surface area (Å²) in [6.45, 7) is 0. The number of methoxy groups -OCH3 is 1. The molecule has 8 heteroatoms. The second-order valence-corrected chi connectivity index (χ2v) is 4.25. The van der Waals surface area contributed by atoms with Crippen LogP contribution in [0.3, 0.4) is 0 Å². The molecule has 0 aliphatic carbocycles. The Morgan fingerprint density at radius 1 is 1.27 bits per heavy atom. The first-order chi connectivity index (χ1) is 10.3. The fourth-order valence-electron chi connectivity index (χ4n) is 1.85. The quantitative estimate of drug-likeness (QED) is 0.681. The van der Waals surface area contributed by atoms with Crippen molar-refractivity contribution in [3.63, 3.8) is 0 Å². The van der Waals surface area contributed by atoms with Gasteiger partial charge in [0.05, 0.1) is 24.3 Å². The molecule has 2 rings (SSSR count). The van der Waals surface area contributed by atoms with Crippen LogP contribution >= 0.6 is 0 Å². The lowest BCUT2D eigenvalue weighted by atomic mass is 9.99. The molecule has 0 aliphatic rings. The normalized spacial score (nSPS) is 11.1. The second kappa shape index (κ2) is 5.52. The molecule has 0 amide bonds. The number of rotatable bonds is 2. The number of benzene rings is 1. The van der Waals surface area contributed by atoms with Gasteiger partial charge in [-0.15, -0.1) is 0 Å². The average molecular weight is 312 g/mol. The molecule has 0 saturated carbocycles. The lowest BCUT2D eigenvalue weighted by Crippen LogP contribution is -2.06. The van der Waals surface area contributed by atoms with Gasteiger partial charge in [0, 0.05) is 17.3 Å². The highest BCUT2D eigenvalue weighted by Crippen LogP contribution is 2.42. The number of ether oxygens (including phenoxy) is 1. The Morgan fingerprint density at radius 3 is 2.50 bits per heavy atom. The number of alkyl halides is 3. The first-order valence-corrected chi connectivity index (χ1v) is 5.82. The van der Waals surface area contributed by atoms with Crippen LogP contribution < -0.4 is 4.74 Å². The largest absolute Gasteiger partial charge is 0.507 e. The standard InChI is InChI=1S/C14H8F4N2O2/c1-22-11-4-8(6-20-13(11)15)9-2-7(5-19)3-10(12(9)21)14(16,17)18/h2-4,6,21H,1H3. The van der Waals surface area contributed by atoms with Crippen LogP contribution in [0, 0.1) is 17.3 Å². The Kier molecular flexibility index (Phi) is 3.91. The van der Waals surface area contributed by atoms with Crippen molar-refractivity contribution in [2.75, 3.05) is 7.11 Å². The number of hydrogen-bond acceptors (Lipinski definition) is 4. The van der Waals surface area contributed by atoms with Crippen LogP contribution in [0.1, 0.15) is 11.1 Å². The Balaban J connectivity index is 2.73. The fraction of sp³-hybridized carbons (Fsp3) is 0.143. The van der Waals surface area contributed by atoms with Gasteiger partial charge in [-0.25, -0.2) is 4.98 Å². The van der Waals surface area contributed by atoms with Crippen molar-refractivity contribution in [3.05, 3.63) is 41.5 Å². The van der Waals surface area contributed by atoms with Crippen LogP contribution in [0.15, 0.2) is 24.4 Å². The number of aromatic hydroxyl groups is 1. The van der Waals surface area contributed by atoms with E-state index < -0.39 is 23.4 Å². The van der Waals surface area contributed by atoms with E-state index in [-0.39, 0.29) is 22.4 Å². The molecule has 0 fully saturated rings. The van der Waals surface area contributed by atoms with E-state index in [1.165, 1.54) is 0 Å². The molecule has 0 bridgehead atoms. The first-order valence-electron chi connectivity index (χ1n) is 5.82. The topological polar surface area (TPSA) is 66.1 Å². The van der Waals surface area contributed by atoms with Crippen molar-refractivity contribution >= 4 is 0 Å². The zero-order chi connectivity index (χ0) is 16.5. The van der Waals surface area contributed by atoms with Gasteiger partial charge in [0.25, 0.3) is 5.95 Å². The molecule has 0 radical (unpaired) electrons. The third-order valence-electron chi connectivity index (χ3n) is 2.88. The molecule has 114 valence electrons. The molecule has 4 nitrogen and oxygen atoms in total. The summed E-state index contributed by atoms with van der Waals surface area (Å²) in [6.07, 6.45) is -3.91. The van der Waals surface area contributed by atoms with E-state index in [1.54, 1.807) is 6.07 Å². The molecule has 0 atom stereocenters. The van der Waals surface area contributed by atoms with Crippen molar-refractivity contribution in [2.24, 2.45) is 0 Å². The SMILES string of the molecule is COc1cc(-c2cc(C#N)cc(C(F)(F)F)c2O)cnc1F. The third-order valence-corrected chi connectivity index (χ3v) is 2.88. The Hall–Kier alpha value is -2.82. The van der Waals surface area contributed by atoms with E-state index >= 15 is 0 Å². The van der Waals surface area contributed by atoms with Crippen LogP contribution in [0.5, 0.6) is 11.5 Å². The van der Waals surface area contributed by atoms with Gasteiger partial charge in [0.2, 0.25) is 0 Å². The lowest BCUT2D eigenvalue weighted by molar-refractivity contribution is -0.138. The van der Waals surface area contributed by atoms with Gasteiger partial charge in [-0.05, 0) is 18.2 Å². The highest BCUT2D eigenvalue weighted by Gasteiger charge is 2.35. The van der Waals surface area contributed by atoms with Crippen molar-refractivity contribution in [3.8, 4) is 28.7 Å². The van der Waals surface area contributed by atoms with E-state index in [0.29, 0.717) is 6.07 Å². The number of phenolic OH excluding ortho intramolecular Hbond substituents is 1. The predicted molar refractivity (Wildman–Crippen MR) is 67.6 cm³/mol. The van der Waals surface area contributed by atoms with E-state index in [2.05, 4.69) is 4.98 Å². The zero-order valence-electron chi connectivity index (χ0n) is 11.1. The van der Waals surface area contributed by atoms with E-state index in [9.17, 15) is 22.7 Å². The van der Waals surface area contributed by atoms with Crippen molar-refractivity contribution in [2.45, 2.75) is 6.18 Å². The number of nitriles is 1. The summed E-state index contributed by atoms with van der Waals surface area (Å²) in [4.78, 5) is 3.35. The molecule has 1 heterocycles. The van der Waals surface area contributed by atoms with Gasteiger partial charge in [-0.3, -0.25) is 0 Å². The van der Waals surface area contributed by atoms with E-state index in [4.69, 9.17) is 10.00 Å². The van der Waals surface area contributed by atoms with Crippen molar-refractivity contribution in [1.29, 1.82) is 5.26 Å². The van der Waals surface area contributed by atoms with Crippen LogP contribution in [0.4, 0.5) is 17.6 Å². The van der Waals surface area contributed by atoms with Crippen LogP contribution in [0.25, 0.3) is 11.1 Å². The Morgan fingerprint density at radius 2 is 1.95 bits per heavy atom. The molecule has 0 spiro atoms. The fourth-order valence-corrected chi connectivity index (χ4v) is 1.85. The number of hydrogen-bond donors (Lipinski definition) is 1. The smallest absolute Gasteiger partial charge is 0.420 e. The monoisotopic (exact) mass is 312 g/mol. The first kappa shape index (κ1) is 15.6. The average Bonchev–Trinajstić information content (AvgIpc) is 2.47. The molecule has 2 aromatic rings. The van der Waals surface area contributed by atoms with Crippen LogP contribution in [-0.2, 0) is 6.18 Å². The highest BCUT2D eigenvalue weighted by molar-refractivity contribution is 5.74. The number of aromatic nitrogens is 1. The maximum absolute atomic E-state index is 13.3. The van der Waals surface area contributed by atoms with Crippen molar-refractivity contribution < 1.29 is 27.4 Å². The van der Waals surface area contributed by atoms with Crippen molar-refractivity contribution in [1.82, 2.24) is 4.98 Å². The molecule has 22 heavy (non-hydrogen) atoms. The highest BCUT2D eigenvalue weighted by atomic mass is 19.4. The number of nitrogens with zero attached hydrogens (tertiary/aromatic N) is 2. The van der Waals surface area contributed by atoms with Crippen LogP contribution in [0.2, 0.25) is 0 Å². The maximum Gasteiger partial charge on any atom is 0.420 e. The van der Waals surface area contributed by atoms with Gasteiger partial charge < -0.3 is 9.84 Å². The minimum atomic E-state index is -4.84. The third kappa shape index (κ3) is 2.79. The number of pyridine rings is 1. The Bertz CT molecular complexity index is 767. The van der Waals surface area contributed by atoms with Gasteiger partial charge >= 0.3 is 6.18 Å². The molecule has 0 aliphatic heterocycles. The van der Waals surface area contributed by atoms with Gasteiger partial charge in [0.15, 0.2) is 5.75 Å². The van der Waals surface area contributed by atoms with Crippen LogP contribution in [-0.4, -0.2) is 17.2 Å². The molecule has 0 saturated heterocycles. The molecule has 1 aromatic carbocycles. The summed E-state index contributed by atoms with van der Waals surface area (Å²) in [5, 5.41) is 18.7. The number of phenols is 1. The summed E-state index contributed by atoms with van der Waals surface area (Å²) in [7, 11) is 1.16. The summed E-state index contributed by atoms with van der Waals surface area (Å²) >= 11 is 0. The van der Waals surface area contributed by atoms with E-state index in [1.807, 2.05) is 0 Å². The van der Waals surface area contributed by atoms with Gasteiger partial charge in [-0.1, -0.05) is 0 Å². The molecule has 0 unspecified atom stereocenters. The van der Waals surface area contributed by atoms with E-state index in [0.717, 1.165) is 25.4 Å².